The fourth-order valence-electron chi connectivity index (χ4n) is 3.03. The van der Waals surface area contributed by atoms with Crippen molar-refractivity contribution in [3.05, 3.63) is 29.8 Å². The van der Waals surface area contributed by atoms with E-state index in [4.69, 9.17) is 5.11 Å². The predicted molar refractivity (Wildman–Crippen MR) is 88.1 cm³/mol. The largest absolute Gasteiger partial charge is 0.396 e. The first-order valence-electron chi connectivity index (χ1n) is 8.13. The summed E-state index contributed by atoms with van der Waals surface area (Å²) < 4.78 is 27.7. The van der Waals surface area contributed by atoms with E-state index < -0.39 is 10.0 Å². The van der Waals surface area contributed by atoms with Crippen molar-refractivity contribution in [1.82, 2.24) is 4.72 Å². The molecule has 124 valence electrons. The van der Waals surface area contributed by atoms with Crippen molar-refractivity contribution in [2.75, 3.05) is 6.61 Å². The van der Waals surface area contributed by atoms with Gasteiger partial charge in [0.25, 0.3) is 0 Å². The van der Waals surface area contributed by atoms with Gasteiger partial charge in [-0.2, -0.15) is 0 Å². The number of aliphatic hydroxyl groups is 1. The minimum atomic E-state index is -3.44. The van der Waals surface area contributed by atoms with Gasteiger partial charge in [0.05, 0.1) is 4.90 Å². The van der Waals surface area contributed by atoms with Crippen LogP contribution < -0.4 is 4.72 Å². The van der Waals surface area contributed by atoms with Crippen LogP contribution in [-0.4, -0.2) is 26.2 Å². The molecule has 4 nitrogen and oxygen atoms in total. The molecule has 1 aromatic carbocycles. The molecule has 1 saturated carbocycles. The second-order valence-electron chi connectivity index (χ2n) is 6.76. The first kappa shape index (κ1) is 17.4. The number of benzene rings is 1. The van der Waals surface area contributed by atoms with Crippen molar-refractivity contribution < 1.29 is 13.5 Å². The molecule has 0 bridgehead atoms. The third-order valence-corrected chi connectivity index (χ3v) is 5.84. The Morgan fingerprint density at radius 3 is 2.23 bits per heavy atom. The number of hydrogen-bond donors (Lipinski definition) is 2. The van der Waals surface area contributed by atoms with Crippen LogP contribution >= 0.6 is 0 Å². The van der Waals surface area contributed by atoms with E-state index in [0.717, 1.165) is 37.7 Å². The van der Waals surface area contributed by atoms with Gasteiger partial charge < -0.3 is 5.11 Å². The molecule has 5 heteroatoms. The molecule has 0 aliphatic heterocycles. The third kappa shape index (κ3) is 4.80. The molecule has 2 N–H and O–H groups in total. The smallest absolute Gasteiger partial charge is 0.240 e. The van der Waals surface area contributed by atoms with E-state index in [1.807, 2.05) is 12.1 Å². The van der Waals surface area contributed by atoms with Crippen molar-refractivity contribution in [3.8, 4) is 0 Å². The summed E-state index contributed by atoms with van der Waals surface area (Å²) in [5.74, 6) is 0.887. The number of rotatable bonds is 6. The standard InChI is InChI=1S/C17H27NO3S/c1-13(2)11-14-5-9-17(10-6-14)22(20,21)18-16-7-3-15(12-19)4-8-16/h5-6,9-10,13,15-16,18-19H,3-4,7-8,11-12H2,1-2H3. The third-order valence-electron chi connectivity index (χ3n) is 4.30. The van der Waals surface area contributed by atoms with Crippen LogP contribution in [0.2, 0.25) is 0 Å². The first-order chi connectivity index (χ1) is 10.4. The molecule has 0 unspecified atom stereocenters. The maximum atomic E-state index is 12.4. The molecular weight excluding hydrogens is 298 g/mol. The molecule has 0 spiro atoms. The normalized spacial score (nSPS) is 22.9. The van der Waals surface area contributed by atoms with Crippen LogP contribution in [0.3, 0.4) is 0 Å². The fourth-order valence-corrected chi connectivity index (χ4v) is 4.33. The van der Waals surface area contributed by atoms with Gasteiger partial charge in [-0.1, -0.05) is 26.0 Å². The molecule has 2 rings (SSSR count). The van der Waals surface area contributed by atoms with Gasteiger partial charge in [0.15, 0.2) is 0 Å². The summed E-state index contributed by atoms with van der Waals surface area (Å²) in [5.41, 5.74) is 1.16. The quantitative estimate of drug-likeness (QED) is 0.845. The predicted octanol–water partition coefficient (Wildman–Crippen LogP) is 2.71. The molecule has 0 amide bonds. The molecule has 0 radical (unpaired) electrons. The van der Waals surface area contributed by atoms with E-state index in [-0.39, 0.29) is 12.6 Å². The molecule has 22 heavy (non-hydrogen) atoms. The van der Waals surface area contributed by atoms with Gasteiger partial charge in [-0.05, 0) is 61.6 Å². The molecule has 1 aliphatic rings. The highest BCUT2D eigenvalue weighted by Crippen LogP contribution is 2.25. The van der Waals surface area contributed by atoms with Crippen molar-refractivity contribution in [1.29, 1.82) is 0 Å². The van der Waals surface area contributed by atoms with Crippen LogP contribution in [0.25, 0.3) is 0 Å². The SMILES string of the molecule is CC(C)Cc1ccc(S(=O)(=O)NC2CCC(CO)CC2)cc1. The summed E-state index contributed by atoms with van der Waals surface area (Å²) in [6.07, 6.45) is 4.33. The second kappa shape index (κ2) is 7.57. The van der Waals surface area contributed by atoms with Crippen LogP contribution in [0, 0.1) is 11.8 Å². The number of aliphatic hydroxyl groups excluding tert-OH is 1. The number of hydrogen-bond acceptors (Lipinski definition) is 3. The van der Waals surface area contributed by atoms with Gasteiger partial charge in [-0.15, -0.1) is 0 Å². The maximum absolute atomic E-state index is 12.4. The van der Waals surface area contributed by atoms with E-state index in [2.05, 4.69) is 18.6 Å². The second-order valence-corrected chi connectivity index (χ2v) is 8.48. The lowest BCUT2D eigenvalue weighted by molar-refractivity contribution is 0.180. The molecule has 1 aliphatic carbocycles. The highest BCUT2D eigenvalue weighted by atomic mass is 32.2. The Kier molecular flexibility index (Phi) is 6.01. The Balaban J connectivity index is 1.98. The zero-order valence-corrected chi connectivity index (χ0v) is 14.3. The number of nitrogens with one attached hydrogen (secondary N) is 1. The molecule has 0 heterocycles. The van der Waals surface area contributed by atoms with E-state index in [1.54, 1.807) is 12.1 Å². The Labute approximate surface area is 134 Å². The summed E-state index contributed by atoms with van der Waals surface area (Å²) in [4.78, 5) is 0.337. The van der Waals surface area contributed by atoms with Crippen molar-refractivity contribution in [2.45, 2.75) is 56.9 Å². The summed E-state index contributed by atoms with van der Waals surface area (Å²) in [6, 6.07) is 7.18. The van der Waals surface area contributed by atoms with Crippen LogP contribution in [-0.2, 0) is 16.4 Å². The Morgan fingerprint density at radius 2 is 1.73 bits per heavy atom. The lowest BCUT2D eigenvalue weighted by Crippen LogP contribution is -2.38. The van der Waals surface area contributed by atoms with Gasteiger partial charge in [-0.3, -0.25) is 0 Å². The van der Waals surface area contributed by atoms with Crippen LogP contribution in [0.1, 0.15) is 45.1 Å². The lowest BCUT2D eigenvalue weighted by Gasteiger charge is -2.27. The first-order valence-corrected chi connectivity index (χ1v) is 9.61. The van der Waals surface area contributed by atoms with E-state index in [0.29, 0.717) is 16.7 Å². The Bertz CT molecular complexity index is 558. The van der Waals surface area contributed by atoms with E-state index in [9.17, 15) is 8.42 Å². The van der Waals surface area contributed by atoms with Crippen molar-refractivity contribution >= 4 is 10.0 Å². The van der Waals surface area contributed by atoms with Gasteiger partial charge in [0, 0.05) is 12.6 Å². The molecule has 0 atom stereocenters. The van der Waals surface area contributed by atoms with Crippen LogP contribution in [0.5, 0.6) is 0 Å². The minimum Gasteiger partial charge on any atom is -0.396 e. The van der Waals surface area contributed by atoms with Crippen LogP contribution in [0.4, 0.5) is 0 Å². The maximum Gasteiger partial charge on any atom is 0.240 e. The molecular formula is C17H27NO3S. The molecule has 1 fully saturated rings. The summed E-state index contributed by atoms with van der Waals surface area (Å²) in [7, 11) is -3.44. The van der Waals surface area contributed by atoms with Gasteiger partial charge >= 0.3 is 0 Å². The van der Waals surface area contributed by atoms with Crippen molar-refractivity contribution in [2.24, 2.45) is 11.8 Å². The zero-order chi connectivity index (χ0) is 16.2. The summed E-state index contributed by atoms with van der Waals surface area (Å²) in [6.45, 7) is 4.50. The van der Waals surface area contributed by atoms with Gasteiger partial charge in [-0.25, -0.2) is 13.1 Å². The van der Waals surface area contributed by atoms with E-state index in [1.165, 1.54) is 0 Å². The minimum absolute atomic E-state index is 0.0110. The summed E-state index contributed by atoms with van der Waals surface area (Å²) >= 11 is 0. The van der Waals surface area contributed by atoms with Gasteiger partial charge in [0.2, 0.25) is 10.0 Å². The molecule has 0 saturated heterocycles. The highest BCUT2D eigenvalue weighted by molar-refractivity contribution is 7.89. The Morgan fingerprint density at radius 1 is 1.14 bits per heavy atom. The average Bonchev–Trinajstić information content (AvgIpc) is 2.47. The topological polar surface area (TPSA) is 66.4 Å². The highest BCUT2D eigenvalue weighted by Gasteiger charge is 2.25. The van der Waals surface area contributed by atoms with E-state index >= 15 is 0 Å². The van der Waals surface area contributed by atoms with Crippen LogP contribution in [0.15, 0.2) is 29.2 Å². The van der Waals surface area contributed by atoms with Gasteiger partial charge in [0.1, 0.15) is 0 Å². The molecule has 1 aromatic rings. The monoisotopic (exact) mass is 325 g/mol. The fraction of sp³-hybridized carbons (Fsp3) is 0.647. The number of sulfonamides is 1. The van der Waals surface area contributed by atoms with Crippen molar-refractivity contribution in [3.63, 3.8) is 0 Å². The lowest BCUT2D eigenvalue weighted by atomic mass is 9.87. The zero-order valence-electron chi connectivity index (χ0n) is 13.5. The summed E-state index contributed by atoms with van der Waals surface area (Å²) in [5, 5.41) is 9.14. The Hall–Kier alpha value is -0.910. The molecule has 0 aromatic heterocycles. The average molecular weight is 325 g/mol.